The standard InChI is InChI=1S/C20H22N2O2S/c1-22-12-17(16-9-5-6-10-18(16)22)19(23)11-21-20(24)14-25-13-15-7-3-2-4-8-15/h2-10,12,19,23H,11,13-14H2,1H3,(H,21,24). The molecule has 1 heterocycles. The maximum absolute atomic E-state index is 12.0. The fourth-order valence-electron chi connectivity index (χ4n) is 2.85. The number of aliphatic hydroxyl groups is 1. The van der Waals surface area contributed by atoms with Crippen molar-refractivity contribution in [3.8, 4) is 0 Å². The number of nitrogens with one attached hydrogen (secondary N) is 1. The van der Waals surface area contributed by atoms with Crippen LogP contribution in [0.25, 0.3) is 10.9 Å². The smallest absolute Gasteiger partial charge is 0.230 e. The van der Waals surface area contributed by atoms with E-state index in [1.54, 1.807) is 11.8 Å². The van der Waals surface area contributed by atoms with E-state index in [2.05, 4.69) is 17.4 Å². The number of aromatic nitrogens is 1. The zero-order valence-corrected chi connectivity index (χ0v) is 15.0. The van der Waals surface area contributed by atoms with Crippen LogP contribution in [-0.4, -0.2) is 27.9 Å². The summed E-state index contributed by atoms with van der Waals surface area (Å²) >= 11 is 1.57. The second kappa shape index (κ2) is 8.23. The lowest BCUT2D eigenvalue weighted by Crippen LogP contribution is -2.29. The summed E-state index contributed by atoms with van der Waals surface area (Å²) < 4.78 is 1.99. The van der Waals surface area contributed by atoms with Crippen LogP contribution in [0, 0.1) is 0 Å². The van der Waals surface area contributed by atoms with Gasteiger partial charge < -0.3 is 15.0 Å². The number of para-hydroxylation sites is 1. The maximum atomic E-state index is 12.0. The molecule has 0 spiro atoms. The van der Waals surface area contributed by atoms with Crippen LogP contribution in [0.3, 0.4) is 0 Å². The molecule has 3 aromatic rings. The predicted molar refractivity (Wildman–Crippen MR) is 103 cm³/mol. The van der Waals surface area contributed by atoms with Gasteiger partial charge in [0.1, 0.15) is 0 Å². The highest BCUT2D eigenvalue weighted by Crippen LogP contribution is 2.25. The Balaban J connectivity index is 1.49. The topological polar surface area (TPSA) is 54.3 Å². The molecule has 0 bridgehead atoms. The SMILES string of the molecule is Cn1cc(C(O)CNC(=O)CSCc2ccccc2)c2ccccc21. The summed E-state index contributed by atoms with van der Waals surface area (Å²) in [4.78, 5) is 12.0. The zero-order valence-electron chi connectivity index (χ0n) is 14.2. The molecule has 0 radical (unpaired) electrons. The Morgan fingerprint density at radius 3 is 2.68 bits per heavy atom. The summed E-state index contributed by atoms with van der Waals surface area (Å²) in [6.07, 6.45) is 1.21. The highest BCUT2D eigenvalue weighted by molar-refractivity contribution is 7.99. The summed E-state index contributed by atoms with van der Waals surface area (Å²) in [5.41, 5.74) is 3.12. The molecule has 1 unspecified atom stereocenters. The van der Waals surface area contributed by atoms with Crippen molar-refractivity contribution in [1.29, 1.82) is 0 Å². The van der Waals surface area contributed by atoms with Crippen molar-refractivity contribution in [3.05, 3.63) is 71.9 Å². The summed E-state index contributed by atoms with van der Waals surface area (Å²) in [5, 5.41) is 14.3. The third kappa shape index (κ3) is 4.44. The molecule has 1 aromatic heterocycles. The molecule has 2 N–H and O–H groups in total. The third-order valence-corrected chi connectivity index (χ3v) is 5.13. The first kappa shape index (κ1) is 17.6. The van der Waals surface area contributed by atoms with E-state index in [9.17, 15) is 9.90 Å². The van der Waals surface area contributed by atoms with E-state index in [-0.39, 0.29) is 12.5 Å². The number of hydrogen-bond donors (Lipinski definition) is 2. The van der Waals surface area contributed by atoms with E-state index in [1.165, 1.54) is 5.56 Å². The average Bonchev–Trinajstić information content (AvgIpc) is 2.98. The number of benzene rings is 2. The van der Waals surface area contributed by atoms with Gasteiger partial charge in [0.2, 0.25) is 5.91 Å². The first-order valence-corrected chi connectivity index (χ1v) is 9.41. The number of rotatable bonds is 7. The van der Waals surface area contributed by atoms with Crippen LogP contribution >= 0.6 is 11.8 Å². The highest BCUT2D eigenvalue weighted by atomic mass is 32.2. The Labute approximate surface area is 151 Å². The second-order valence-electron chi connectivity index (χ2n) is 6.01. The first-order chi connectivity index (χ1) is 12.1. The van der Waals surface area contributed by atoms with Crippen molar-refractivity contribution in [2.45, 2.75) is 11.9 Å². The first-order valence-electron chi connectivity index (χ1n) is 8.25. The van der Waals surface area contributed by atoms with Crippen LogP contribution in [0.5, 0.6) is 0 Å². The van der Waals surface area contributed by atoms with E-state index in [1.807, 2.05) is 60.3 Å². The minimum Gasteiger partial charge on any atom is -0.386 e. The summed E-state index contributed by atoms with van der Waals surface area (Å²) in [5.74, 6) is 1.14. The van der Waals surface area contributed by atoms with Crippen LogP contribution in [-0.2, 0) is 17.6 Å². The molecular formula is C20H22N2O2S. The Morgan fingerprint density at radius 2 is 1.88 bits per heavy atom. The van der Waals surface area contributed by atoms with E-state index in [4.69, 9.17) is 0 Å². The zero-order chi connectivity index (χ0) is 17.6. The van der Waals surface area contributed by atoms with Gasteiger partial charge >= 0.3 is 0 Å². The number of carbonyl (C=O) groups is 1. The molecule has 0 fully saturated rings. The molecule has 0 aliphatic carbocycles. The maximum Gasteiger partial charge on any atom is 0.230 e. The van der Waals surface area contributed by atoms with Crippen molar-refractivity contribution >= 4 is 28.6 Å². The molecule has 3 rings (SSSR count). The molecule has 1 atom stereocenters. The Kier molecular flexibility index (Phi) is 5.79. The van der Waals surface area contributed by atoms with Gasteiger partial charge in [-0.25, -0.2) is 0 Å². The number of hydrogen-bond acceptors (Lipinski definition) is 3. The summed E-state index contributed by atoms with van der Waals surface area (Å²) in [7, 11) is 1.96. The molecule has 0 saturated carbocycles. The van der Waals surface area contributed by atoms with E-state index < -0.39 is 6.10 Å². The molecule has 5 heteroatoms. The molecule has 0 aliphatic heterocycles. The van der Waals surface area contributed by atoms with E-state index in [0.29, 0.717) is 5.75 Å². The third-order valence-electron chi connectivity index (χ3n) is 4.12. The molecule has 0 aliphatic rings. The lowest BCUT2D eigenvalue weighted by molar-refractivity contribution is -0.119. The van der Waals surface area contributed by atoms with Gasteiger partial charge in [0.25, 0.3) is 0 Å². The highest BCUT2D eigenvalue weighted by Gasteiger charge is 2.15. The largest absolute Gasteiger partial charge is 0.386 e. The number of thioether (sulfide) groups is 1. The van der Waals surface area contributed by atoms with Crippen molar-refractivity contribution in [1.82, 2.24) is 9.88 Å². The molecule has 0 saturated heterocycles. The lowest BCUT2D eigenvalue weighted by Gasteiger charge is -2.11. The number of nitrogens with zero attached hydrogens (tertiary/aromatic N) is 1. The van der Waals surface area contributed by atoms with Gasteiger partial charge in [-0.15, -0.1) is 11.8 Å². The summed E-state index contributed by atoms with van der Waals surface area (Å²) in [6, 6.07) is 18.0. The van der Waals surface area contributed by atoms with Crippen molar-refractivity contribution in [3.63, 3.8) is 0 Å². The van der Waals surface area contributed by atoms with Crippen LogP contribution in [0.2, 0.25) is 0 Å². The number of aliphatic hydroxyl groups excluding tert-OH is 1. The molecule has 1 amide bonds. The van der Waals surface area contributed by atoms with Crippen LogP contribution in [0.1, 0.15) is 17.2 Å². The van der Waals surface area contributed by atoms with Crippen molar-refractivity contribution in [2.75, 3.05) is 12.3 Å². The van der Waals surface area contributed by atoms with Crippen molar-refractivity contribution < 1.29 is 9.90 Å². The van der Waals surface area contributed by atoms with Crippen molar-refractivity contribution in [2.24, 2.45) is 7.05 Å². The minimum absolute atomic E-state index is 0.0554. The Morgan fingerprint density at radius 1 is 1.16 bits per heavy atom. The normalized spacial score (nSPS) is 12.2. The summed E-state index contributed by atoms with van der Waals surface area (Å²) in [6.45, 7) is 0.221. The van der Waals surface area contributed by atoms with E-state index >= 15 is 0 Å². The van der Waals surface area contributed by atoms with Gasteiger partial charge in [0.05, 0.1) is 11.9 Å². The minimum atomic E-state index is -0.714. The number of fused-ring (bicyclic) bond motifs is 1. The number of carbonyl (C=O) groups excluding carboxylic acids is 1. The average molecular weight is 354 g/mol. The van der Waals surface area contributed by atoms with Gasteiger partial charge in [-0.3, -0.25) is 4.79 Å². The van der Waals surface area contributed by atoms with Gasteiger partial charge in [-0.1, -0.05) is 48.5 Å². The van der Waals surface area contributed by atoms with Gasteiger partial charge in [0, 0.05) is 42.0 Å². The molecule has 25 heavy (non-hydrogen) atoms. The quantitative estimate of drug-likeness (QED) is 0.685. The second-order valence-corrected chi connectivity index (χ2v) is 7.00. The van der Waals surface area contributed by atoms with Crippen LogP contribution in [0.4, 0.5) is 0 Å². The fourth-order valence-corrected chi connectivity index (χ4v) is 3.66. The monoisotopic (exact) mass is 354 g/mol. The van der Waals surface area contributed by atoms with Gasteiger partial charge in [0.15, 0.2) is 0 Å². The van der Waals surface area contributed by atoms with E-state index in [0.717, 1.165) is 22.2 Å². The van der Waals surface area contributed by atoms with Crippen LogP contribution < -0.4 is 5.32 Å². The molecule has 130 valence electrons. The Bertz CT molecular complexity index is 845. The predicted octanol–water partition coefficient (Wildman–Crippen LogP) is 3.26. The molecular weight excluding hydrogens is 332 g/mol. The number of amides is 1. The molecule has 4 nitrogen and oxygen atoms in total. The number of aryl methyl sites for hydroxylation is 1. The fraction of sp³-hybridized carbons (Fsp3) is 0.250. The van der Waals surface area contributed by atoms with Crippen LogP contribution in [0.15, 0.2) is 60.8 Å². The van der Waals surface area contributed by atoms with Gasteiger partial charge in [-0.05, 0) is 11.6 Å². The van der Waals surface area contributed by atoms with Gasteiger partial charge in [-0.2, -0.15) is 0 Å². The Hall–Kier alpha value is -2.24. The lowest BCUT2D eigenvalue weighted by atomic mass is 10.1. The molecule has 2 aromatic carbocycles.